The van der Waals surface area contributed by atoms with Crippen LogP contribution in [0.2, 0.25) is 0 Å². The maximum absolute atomic E-state index is 11.5. The lowest BCUT2D eigenvalue weighted by molar-refractivity contribution is -0.0452. The zero-order chi connectivity index (χ0) is 21.0. The maximum atomic E-state index is 11.5. The second-order valence-electron chi connectivity index (χ2n) is 8.69. The normalized spacial score (nSPS) is 20.5. The van der Waals surface area contributed by atoms with Crippen LogP contribution in [-0.2, 0) is 4.74 Å². The third-order valence-electron chi connectivity index (χ3n) is 5.83. The minimum atomic E-state index is -1.05. The molecule has 1 aliphatic heterocycles. The monoisotopic (exact) mass is 397 g/mol. The predicted molar refractivity (Wildman–Crippen MR) is 115 cm³/mol. The summed E-state index contributed by atoms with van der Waals surface area (Å²) in [6.45, 7) is 7.81. The smallest absolute Gasteiger partial charge is 0.410 e. The van der Waals surface area contributed by atoms with Gasteiger partial charge >= 0.3 is 6.09 Å². The van der Waals surface area contributed by atoms with Gasteiger partial charge in [0.05, 0.1) is 18.8 Å². The number of hydrogen-bond donors (Lipinski definition) is 2. The fourth-order valence-corrected chi connectivity index (χ4v) is 4.00. The van der Waals surface area contributed by atoms with Gasteiger partial charge < -0.3 is 14.9 Å². The Morgan fingerprint density at radius 3 is 2.07 bits per heavy atom. The van der Waals surface area contributed by atoms with Gasteiger partial charge in [0.2, 0.25) is 0 Å². The molecule has 0 spiro atoms. The van der Waals surface area contributed by atoms with Crippen LogP contribution in [0.1, 0.15) is 105 Å². The average molecular weight is 398 g/mol. The van der Waals surface area contributed by atoms with E-state index >= 15 is 0 Å². The molecule has 0 radical (unpaired) electrons. The molecule has 0 unspecified atom stereocenters. The molecule has 1 heterocycles. The highest BCUT2D eigenvalue weighted by molar-refractivity contribution is 5.67. The van der Waals surface area contributed by atoms with Gasteiger partial charge in [-0.3, -0.25) is 4.90 Å². The molecule has 1 amide bonds. The van der Waals surface area contributed by atoms with E-state index in [2.05, 4.69) is 13.0 Å². The minimum absolute atomic E-state index is 0.226. The third kappa shape index (κ3) is 8.52. The second kappa shape index (κ2) is 13.2. The number of allylic oxidation sites excluding steroid dienone is 1. The van der Waals surface area contributed by atoms with E-state index in [-0.39, 0.29) is 6.61 Å². The molecule has 1 fully saturated rings. The number of aliphatic hydroxyl groups excluding tert-OH is 1. The van der Waals surface area contributed by atoms with E-state index < -0.39 is 24.0 Å². The van der Waals surface area contributed by atoms with Crippen LogP contribution in [-0.4, -0.2) is 45.7 Å². The van der Waals surface area contributed by atoms with Gasteiger partial charge in [0.1, 0.15) is 5.72 Å². The van der Waals surface area contributed by atoms with Crippen molar-refractivity contribution in [1.29, 1.82) is 0 Å². The Hall–Kier alpha value is -1.07. The minimum Gasteiger partial charge on any atom is -0.465 e. The first-order valence-electron chi connectivity index (χ1n) is 11.3. The number of rotatable bonds is 14. The summed E-state index contributed by atoms with van der Waals surface area (Å²) >= 11 is 0. The molecule has 28 heavy (non-hydrogen) atoms. The highest BCUT2D eigenvalue weighted by atomic mass is 16.5. The van der Waals surface area contributed by atoms with Crippen LogP contribution < -0.4 is 0 Å². The Labute approximate surface area is 172 Å². The van der Waals surface area contributed by atoms with E-state index in [0.717, 1.165) is 18.4 Å². The zero-order valence-corrected chi connectivity index (χ0v) is 18.6. The molecule has 5 nitrogen and oxygen atoms in total. The summed E-state index contributed by atoms with van der Waals surface area (Å²) in [7, 11) is 0. The van der Waals surface area contributed by atoms with Crippen molar-refractivity contribution >= 4 is 6.09 Å². The van der Waals surface area contributed by atoms with E-state index in [4.69, 9.17) is 4.74 Å². The lowest BCUT2D eigenvalue weighted by Crippen LogP contribution is -2.51. The second-order valence-corrected chi connectivity index (χ2v) is 8.69. The Balaban J connectivity index is 2.19. The number of carboxylic acid groups (broad SMARTS) is 1. The van der Waals surface area contributed by atoms with Gasteiger partial charge in [-0.1, -0.05) is 77.2 Å². The summed E-state index contributed by atoms with van der Waals surface area (Å²) in [6.07, 6.45) is 15.6. The highest BCUT2D eigenvalue weighted by Crippen LogP contribution is 2.30. The maximum Gasteiger partial charge on any atom is 0.410 e. The number of ether oxygens (including phenoxy) is 1. The highest BCUT2D eigenvalue weighted by Gasteiger charge is 2.47. The molecule has 0 aromatic rings. The predicted octanol–water partition coefficient (Wildman–Crippen LogP) is 6.11. The van der Waals surface area contributed by atoms with Crippen molar-refractivity contribution in [3.05, 3.63) is 11.6 Å². The number of aliphatic hydroxyl groups is 1. The van der Waals surface area contributed by atoms with E-state index in [9.17, 15) is 15.0 Å². The molecule has 164 valence electrons. The first-order valence-corrected chi connectivity index (χ1v) is 11.3. The summed E-state index contributed by atoms with van der Waals surface area (Å²) < 4.78 is 5.57. The van der Waals surface area contributed by atoms with Crippen molar-refractivity contribution in [1.82, 2.24) is 4.90 Å². The lowest BCUT2D eigenvalue weighted by atomic mass is 10.0. The fourth-order valence-electron chi connectivity index (χ4n) is 4.00. The third-order valence-corrected chi connectivity index (χ3v) is 5.83. The molecule has 1 saturated heterocycles. The van der Waals surface area contributed by atoms with Gasteiger partial charge in [-0.05, 0) is 39.2 Å². The van der Waals surface area contributed by atoms with Crippen LogP contribution in [0.25, 0.3) is 0 Å². The van der Waals surface area contributed by atoms with Crippen LogP contribution in [0.15, 0.2) is 11.6 Å². The summed E-state index contributed by atoms with van der Waals surface area (Å²) in [6, 6.07) is -0.541. The van der Waals surface area contributed by atoms with Crippen molar-refractivity contribution in [2.45, 2.75) is 123 Å². The molecule has 1 rings (SSSR count). The Morgan fingerprint density at radius 2 is 1.57 bits per heavy atom. The lowest BCUT2D eigenvalue weighted by Gasteiger charge is -2.33. The van der Waals surface area contributed by atoms with Crippen LogP contribution in [0.4, 0.5) is 4.79 Å². The standard InChI is InChI=1S/C23H43NO4/c1-5-6-7-8-9-10-11-12-13-14-15-16-17-19(2)21(25)20-18-28-23(3,4)24(20)22(26)27/h17,20-21,25H,5-16,18H2,1-4H3,(H,26,27)/t20-,21+/m1/s1. The molecule has 0 aromatic carbocycles. The molecule has 1 aliphatic rings. The number of nitrogens with zero attached hydrogens (tertiary/aromatic N) is 1. The Kier molecular flexibility index (Phi) is 11.8. The van der Waals surface area contributed by atoms with Crippen molar-refractivity contribution in [2.24, 2.45) is 0 Å². The molecule has 2 atom stereocenters. The van der Waals surface area contributed by atoms with Crippen molar-refractivity contribution < 1.29 is 19.7 Å². The number of amides is 1. The van der Waals surface area contributed by atoms with Gasteiger partial charge in [-0.2, -0.15) is 0 Å². The first-order chi connectivity index (χ1) is 13.3. The molecule has 0 aliphatic carbocycles. The van der Waals surface area contributed by atoms with Crippen molar-refractivity contribution in [3.63, 3.8) is 0 Å². The average Bonchev–Trinajstić information content (AvgIpc) is 2.97. The van der Waals surface area contributed by atoms with Crippen LogP contribution in [0.3, 0.4) is 0 Å². The van der Waals surface area contributed by atoms with Crippen LogP contribution in [0.5, 0.6) is 0 Å². The topological polar surface area (TPSA) is 70.0 Å². The van der Waals surface area contributed by atoms with E-state index in [1.807, 2.05) is 6.92 Å². The van der Waals surface area contributed by atoms with Crippen LogP contribution >= 0.6 is 0 Å². The molecule has 5 heteroatoms. The summed E-state index contributed by atoms with van der Waals surface area (Å²) in [5.74, 6) is 0. The SMILES string of the molecule is CCCCCCCCCCCCCC=C(C)[C@H](O)[C@H]1COC(C)(C)N1C(=O)O. The molecule has 0 bridgehead atoms. The summed E-state index contributed by atoms with van der Waals surface area (Å²) in [5, 5.41) is 20.0. The fraction of sp³-hybridized carbons (Fsp3) is 0.870. The number of carbonyl (C=O) groups is 1. The van der Waals surface area contributed by atoms with E-state index in [0.29, 0.717) is 0 Å². The van der Waals surface area contributed by atoms with Gasteiger partial charge in [-0.25, -0.2) is 4.79 Å². The number of unbranched alkanes of at least 4 members (excludes halogenated alkanes) is 11. The van der Waals surface area contributed by atoms with Gasteiger partial charge in [0, 0.05) is 0 Å². The molecular formula is C23H43NO4. The van der Waals surface area contributed by atoms with E-state index in [1.165, 1.54) is 69.1 Å². The number of hydrogen-bond acceptors (Lipinski definition) is 3. The zero-order valence-electron chi connectivity index (χ0n) is 18.6. The summed E-state index contributed by atoms with van der Waals surface area (Å²) in [4.78, 5) is 12.8. The summed E-state index contributed by atoms with van der Waals surface area (Å²) in [5.41, 5.74) is -0.0575. The van der Waals surface area contributed by atoms with Gasteiger partial charge in [0.15, 0.2) is 0 Å². The van der Waals surface area contributed by atoms with Crippen molar-refractivity contribution in [3.8, 4) is 0 Å². The quantitative estimate of drug-likeness (QED) is 0.274. The Bertz CT molecular complexity index is 475. The molecule has 0 saturated carbocycles. The first kappa shape index (κ1) is 25.0. The Morgan fingerprint density at radius 1 is 1.07 bits per heavy atom. The van der Waals surface area contributed by atoms with Crippen molar-refractivity contribution in [2.75, 3.05) is 6.61 Å². The van der Waals surface area contributed by atoms with Gasteiger partial charge in [0.25, 0.3) is 0 Å². The largest absolute Gasteiger partial charge is 0.465 e. The molecular weight excluding hydrogens is 354 g/mol. The van der Waals surface area contributed by atoms with Crippen LogP contribution in [0, 0.1) is 0 Å². The molecule has 0 aromatic heterocycles. The van der Waals surface area contributed by atoms with Gasteiger partial charge in [-0.15, -0.1) is 0 Å². The van der Waals surface area contributed by atoms with E-state index in [1.54, 1.807) is 13.8 Å². The molecule has 2 N–H and O–H groups in total.